The molecule has 0 saturated carbocycles. The molecule has 14 heavy (non-hydrogen) atoms. The van der Waals surface area contributed by atoms with Crippen LogP contribution in [0.5, 0.6) is 0 Å². The van der Waals surface area contributed by atoms with E-state index in [1.165, 1.54) is 13.1 Å². The summed E-state index contributed by atoms with van der Waals surface area (Å²) in [7, 11) is 0. The Morgan fingerprint density at radius 1 is 1.57 bits per heavy atom. The van der Waals surface area contributed by atoms with Crippen LogP contribution in [0.4, 0.5) is 8.78 Å². The lowest BCUT2D eigenvalue weighted by Gasteiger charge is -2.12. The second kappa shape index (κ2) is 4.66. The van der Waals surface area contributed by atoms with Crippen LogP contribution in [0.2, 0.25) is 0 Å². The molecular formula is C9H10ClF2NO. The van der Waals surface area contributed by atoms with Gasteiger partial charge in [0, 0.05) is 23.3 Å². The molecule has 0 radical (unpaired) electrons. The van der Waals surface area contributed by atoms with Gasteiger partial charge in [-0.3, -0.25) is 4.98 Å². The van der Waals surface area contributed by atoms with E-state index < -0.39 is 13.0 Å². The van der Waals surface area contributed by atoms with E-state index in [2.05, 4.69) is 4.98 Å². The monoisotopic (exact) mass is 221 g/mol. The van der Waals surface area contributed by atoms with Crippen molar-refractivity contribution in [1.29, 1.82) is 0 Å². The van der Waals surface area contributed by atoms with Crippen molar-refractivity contribution in [2.24, 2.45) is 0 Å². The maximum absolute atomic E-state index is 12.6. The Bertz CT molecular complexity index is 331. The third kappa shape index (κ3) is 2.01. The molecule has 0 atom stereocenters. The minimum atomic E-state index is -2.63. The summed E-state index contributed by atoms with van der Waals surface area (Å²) in [5, 5.41) is 8.98. The fraction of sp³-hybridized carbons (Fsp3) is 0.444. The smallest absolute Gasteiger partial charge is 0.265 e. The van der Waals surface area contributed by atoms with Crippen LogP contribution in [-0.2, 0) is 12.5 Å². The van der Waals surface area contributed by atoms with Crippen molar-refractivity contribution in [3.8, 4) is 0 Å². The average Bonchev–Trinajstić information content (AvgIpc) is 2.16. The molecular weight excluding hydrogens is 212 g/mol. The number of hydrogen-bond donors (Lipinski definition) is 1. The summed E-state index contributed by atoms with van der Waals surface area (Å²) < 4.78 is 25.2. The van der Waals surface area contributed by atoms with Gasteiger partial charge >= 0.3 is 0 Å². The molecule has 0 aromatic carbocycles. The van der Waals surface area contributed by atoms with Gasteiger partial charge in [-0.25, -0.2) is 8.78 Å². The van der Waals surface area contributed by atoms with E-state index in [0.717, 1.165) is 0 Å². The van der Waals surface area contributed by atoms with Crippen molar-refractivity contribution in [2.75, 3.05) is 0 Å². The van der Waals surface area contributed by atoms with Crippen LogP contribution in [0.1, 0.15) is 28.8 Å². The molecule has 0 amide bonds. The highest BCUT2D eigenvalue weighted by Gasteiger charge is 2.18. The van der Waals surface area contributed by atoms with E-state index in [4.69, 9.17) is 16.7 Å². The molecule has 1 aromatic rings. The zero-order valence-corrected chi connectivity index (χ0v) is 8.35. The highest BCUT2D eigenvalue weighted by Crippen LogP contribution is 2.28. The van der Waals surface area contributed by atoms with Crippen LogP contribution < -0.4 is 0 Å². The first-order valence-corrected chi connectivity index (χ1v) is 4.57. The lowest BCUT2D eigenvalue weighted by atomic mass is 10.0. The maximum Gasteiger partial charge on any atom is 0.265 e. The molecule has 78 valence electrons. The molecule has 0 aliphatic carbocycles. The van der Waals surface area contributed by atoms with Gasteiger partial charge in [-0.2, -0.15) is 0 Å². The Balaban J connectivity index is 3.35. The molecule has 0 aliphatic heterocycles. The van der Waals surface area contributed by atoms with Gasteiger partial charge in [-0.15, -0.1) is 11.6 Å². The van der Waals surface area contributed by atoms with Crippen LogP contribution in [-0.4, -0.2) is 10.1 Å². The predicted octanol–water partition coefficient (Wildman–Crippen LogP) is 2.56. The number of aryl methyl sites for hydroxylation is 1. The van der Waals surface area contributed by atoms with Crippen LogP contribution in [0.25, 0.3) is 0 Å². The predicted molar refractivity (Wildman–Crippen MR) is 49.4 cm³/mol. The number of pyridine rings is 1. The molecule has 1 heterocycles. The van der Waals surface area contributed by atoms with E-state index in [0.29, 0.717) is 5.56 Å². The second-order valence-corrected chi connectivity index (χ2v) is 3.12. The van der Waals surface area contributed by atoms with E-state index in [9.17, 15) is 8.78 Å². The van der Waals surface area contributed by atoms with E-state index in [1.807, 2.05) is 0 Å². The zero-order chi connectivity index (χ0) is 10.7. The van der Waals surface area contributed by atoms with Crippen molar-refractivity contribution in [3.63, 3.8) is 0 Å². The van der Waals surface area contributed by atoms with Gasteiger partial charge in [0.2, 0.25) is 0 Å². The number of aliphatic hydroxyl groups excluding tert-OH is 1. The average molecular weight is 222 g/mol. The summed E-state index contributed by atoms with van der Waals surface area (Å²) in [5.41, 5.74) is 0.682. The quantitative estimate of drug-likeness (QED) is 0.796. The molecule has 5 heteroatoms. The Morgan fingerprint density at radius 2 is 2.21 bits per heavy atom. The standard InChI is InChI=1S/C9H10ClF2NO/c1-5-8(9(11)12)7(4-14)6(2-10)3-13-5/h3,9,14H,2,4H2,1H3. The summed E-state index contributed by atoms with van der Waals surface area (Å²) in [6.45, 7) is 1.05. The minimum absolute atomic E-state index is 0.0723. The highest BCUT2D eigenvalue weighted by molar-refractivity contribution is 6.17. The van der Waals surface area contributed by atoms with Crippen LogP contribution in [0.3, 0.4) is 0 Å². The number of aromatic nitrogens is 1. The van der Waals surface area contributed by atoms with Crippen LogP contribution >= 0.6 is 11.6 Å². The summed E-state index contributed by atoms with van der Waals surface area (Å²) in [6, 6.07) is 0. The molecule has 1 aromatic heterocycles. The number of nitrogens with zero attached hydrogens (tertiary/aromatic N) is 1. The van der Waals surface area contributed by atoms with Gasteiger partial charge in [0.05, 0.1) is 6.61 Å². The summed E-state index contributed by atoms with van der Waals surface area (Å²) in [6.07, 6.45) is -1.22. The molecule has 1 N–H and O–H groups in total. The van der Waals surface area contributed by atoms with Crippen LogP contribution in [0.15, 0.2) is 6.20 Å². The number of hydrogen-bond acceptors (Lipinski definition) is 2. The van der Waals surface area contributed by atoms with Crippen molar-refractivity contribution >= 4 is 11.6 Å². The first-order valence-electron chi connectivity index (χ1n) is 4.04. The first kappa shape index (κ1) is 11.3. The van der Waals surface area contributed by atoms with Crippen LogP contribution in [0, 0.1) is 6.92 Å². The number of rotatable bonds is 3. The molecule has 0 aliphatic rings. The first-order chi connectivity index (χ1) is 6.61. The van der Waals surface area contributed by atoms with Crippen molar-refractivity contribution < 1.29 is 13.9 Å². The fourth-order valence-corrected chi connectivity index (χ4v) is 1.54. The molecule has 0 fully saturated rings. The lowest BCUT2D eigenvalue weighted by Crippen LogP contribution is -2.04. The molecule has 2 nitrogen and oxygen atoms in total. The Morgan fingerprint density at radius 3 is 2.64 bits per heavy atom. The van der Waals surface area contributed by atoms with Gasteiger partial charge in [0.1, 0.15) is 0 Å². The minimum Gasteiger partial charge on any atom is -0.392 e. The zero-order valence-electron chi connectivity index (χ0n) is 7.60. The summed E-state index contributed by atoms with van der Waals surface area (Å²) in [5.74, 6) is 0.0723. The molecule has 1 rings (SSSR count). The van der Waals surface area contributed by atoms with E-state index >= 15 is 0 Å². The topological polar surface area (TPSA) is 33.1 Å². The third-order valence-electron chi connectivity index (χ3n) is 2.04. The fourth-order valence-electron chi connectivity index (χ4n) is 1.31. The Hall–Kier alpha value is -0.740. The molecule has 0 bridgehead atoms. The molecule has 0 unspecified atom stereocenters. The summed E-state index contributed by atoms with van der Waals surface area (Å²) >= 11 is 5.54. The lowest BCUT2D eigenvalue weighted by molar-refractivity contribution is 0.145. The van der Waals surface area contributed by atoms with E-state index in [1.54, 1.807) is 0 Å². The van der Waals surface area contributed by atoms with Gasteiger partial charge in [0.25, 0.3) is 6.43 Å². The van der Waals surface area contributed by atoms with Gasteiger partial charge in [-0.1, -0.05) is 0 Å². The summed E-state index contributed by atoms with van der Waals surface area (Å²) in [4.78, 5) is 3.80. The third-order valence-corrected chi connectivity index (χ3v) is 2.32. The van der Waals surface area contributed by atoms with Crippen molar-refractivity contribution in [3.05, 3.63) is 28.6 Å². The number of alkyl halides is 3. The van der Waals surface area contributed by atoms with Crippen molar-refractivity contribution in [2.45, 2.75) is 25.8 Å². The largest absolute Gasteiger partial charge is 0.392 e. The molecule has 0 saturated heterocycles. The normalized spacial score (nSPS) is 11.0. The second-order valence-electron chi connectivity index (χ2n) is 2.85. The van der Waals surface area contributed by atoms with Gasteiger partial charge in [0.15, 0.2) is 0 Å². The number of aliphatic hydroxyl groups is 1. The Kier molecular flexibility index (Phi) is 3.77. The van der Waals surface area contributed by atoms with Crippen molar-refractivity contribution in [1.82, 2.24) is 4.98 Å². The SMILES string of the molecule is Cc1ncc(CCl)c(CO)c1C(F)F. The van der Waals surface area contributed by atoms with Gasteiger partial charge in [-0.05, 0) is 18.1 Å². The van der Waals surface area contributed by atoms with E-state index in [-0.39, 0.29) is 22.7 Å². The molecule has 0 spiro atoms. The number of halogens is 3. The van der Waals surface area contributed by atoms with Gasteiger partial charge < -0.3 is 5.11 Å². The highest BCUT2D eigenvalue weighted by atomic mass is 35.5. The maximum atomic E-state index is 12.6. The Labute approximate surface area is 85.5 Å².